The molecule has 10 rings (SSSR count). The van der Waals surface area contributed by atoms with Crippen molar-refractivity contribution < 1.29 is 0 Å². The first kappa shape index (κ1) is 22.0. The fraction of sp³-hybridized carbons (Fsp3) is 0. The summed E-state index contributed by atoms with van der Waals surface area (Å²) in [7, 11) is 0. The minimum absolute atomic E-state index is 1.18. The molecular weight excluding hydrogens is 535 g/mol. The fourth-order valence-corrected chi connectivity index (χ4v) is 9.02. The summed E-state index contributed by atoms with van der Waals surface area (Å²) in [5.41, 5.74) is 4.90. The van der Waals surface area contributed by atoms with Crippen LogP contribution in [0.5, 0.6) is 0 Å². The molecule has 0 fully saturated rings. The normalized spacial score (nSPS) is 12.4. The monoisotopic (exact) mass is 555 g/mol. The molecule has 0 aliphatic heterocycles. The molecule has 1 nitrogen and oxygen atoms in total. The smallest absolute Gasteiger partial charge is 0.0479 e. The van der Waals surface area contributed by atoms with E-state index in [9.17, 15) is 0 Å². The topological polar surface area (TPSA) is 15.8 Å². The number of thiophene rings is 2. The van der Waals surface area contributed by atoms with Crippen molar-refractivity contribution in [3.05, 3.63) is 121 Å². The van der Waals surface area contributed by atoms with Gasteiger partial charge in [-0.05, 0) is 87.3 Å². The Morgan fingerprint density at radius 1 is 0.366 bits per heavy atom. The quantitative estimate of drug-likeness (QED) is 0.207. The molecule has 10 aromatic rings. The third-order valence-electron chi connectivity index (χ3n) is 8.75. The number of hydrogen-bond acceptors (Lipinski definition) is 2. The van der Waals surface area contributed by atoms with Crippen LogP contribution in [0, 0.1) is 0 Å². The highest BCUT2D eigenvalue weighted by molar-refractivity contribution is 7.26. The molecule has 0 radical (unpaired) electrons. The predicted octanol–water partition coefficient (Wildman–Crippen LogP) is 12.0. The minimum Gasteiger partial charge on any atom is -0.354 e. The summed E-state index contributed by atoms with van der Waals surface area (Å²) < 4.78 is 5.37. The van der Waals surface area contributed by atoms with E-state index in [0.29, 0.717) is 0 Å². The molecule has 0 unspecified atom stereocenters. The maximum absolute atomic E-state index is 3.70. The lowest BCUT2D eigenvalue weighted by Gasteiger charge is -2.05. The summed E-state index contributed by atoms with van der Waals surface area (Å²) in [5, 5.41) is 13.2. The van der Waals surface area contributed by atoms with Crippen molar-refractivity contribution in [1.82, 2.24) is 4.98 Å². The predicted molar refractivity (Wildman–Crippen MR) is 182 cm³/mol. The van der Waals surface area contributed by atoms with Gasteiger partial charge in [0.1, 0.15) is 0 Å². The summed E-state index contributed by atoms with van der Waals surface area (Å²) in [4.78, 5) is 3.70. The second-order valence-corrected chi connectivity index (χ2v) is 13.2. The molecular formula is C38H21NS2. The van der Waals surface area contributed by atoms with E-state index in [-0.39, 0.29) is 0 Å². The average molecular weight is 556 g/mol. The first-order chi connectivity index (χ1) is 20.3. The third-order valence-corrected chi connectivity index (χ3v) is 11.0. The Labute approximate surface area is 242 Å². The van der Waals surface area contributed by atoms with Crippen molar-refractivity contribution in [1.29, 1.82) is 0 Å². The van der Waals surface area contributed by atoms with Gasteiger partial charge in [0, 0.05) is 62.2 Å². The van der Waals surface area contributed by atoms with Crippen LogP contribution in [-0.4, -0.2) is 4.98 Å². The van der Waals surface area contributed by atoms with Crippen molar-refractivity contribution in [2.45, 2.75) is 0 Å². The molecule has 0 bridgehead atoms. The van der Waals surface area contributed by atoms with E-state index in [1.807, 2.05) is 22.7 Å². The Morgan fingerprint density at radius 3 is 1.93 bits per heavy atom. The van der Waals surface area contributed by atoms with Crippen molar-refractivity contribution in [2.75, 3.05) is 0 Å². The van der Waals surface area contributed by atoms with Crippen LogP contribution in [0.3, 0.4) is 0 Å². The number of fused-ring (bicyclic) bond motifs is 12. The van der Waals surface area contributed by atoms with Gasteiger partial charge in [-0.3, -0.25) is 0 Å². The van der Waals surface area contributed by atoms with E-state index in [0.717, 1.165) is 0 Å². The lowest BCUT2D eigenvalue weighted by Crippen LogP contribution is -1.79. The van der Waals surface area contributed by atoms with Crippen molar-refractivity contribution >= 4 is 106 Å². The Balaban J connectivity index is 1.20. The maximum Gasteiger partial charge on any atom is 0.0479 e. The molecule has 0 aliphatic rings. The Bertz CT molecular complexity index is 2700. The van der Waals surface area contributed by atoms with Gasteiger partial charge >= 0.3 is 0 Å². The summed E-state index contributed by atoms with van der Waals surface area (Å²) in [5.74, 6) is 0. The van der Waals surface area contributed by atoms with Gasteiger partial charge in [0.15, 0.2) is 0 Å². The van der Waals surface area contributed by atoms with Gasteiger partial charge in [-0.15, -0.1) is 22.7 Å². The van der Waals surface area contributed by atoms with Crippen LogP contribution in [0.25, 0.3) is 94.8 Å². The van der Waals surface area contributed by atoms with Crippen LogP contribution in [0.4, 0.5) is 0 Å². The number of rotatable bonds is 1. The minimum atomic E-state index is 1.18. The van der Waals surface area contributed by atoms with E-state index < -0.39 is 0 Å². The lowest BCUT2D eigenvalue weighted by molar-refractivity contribution is 1.55. The standard InChI is InChI=1S/C38H21NS2/c1-2-7-23-18-36-29(16-22(23)6-1)30-19-28-27-15-24(9-12-32(27)39-33(28)20-37(30)41-36)25-11-13-34-31(17-25)38-26-8-4-3-5-21(26)10-14-35(38)40-34/h1-20,39H. The van der Waals surface area contributed by atoms with Gasteiger partial charge < -0.3 is 4.98 Å². The largest absolute Gasteiger partial charge is 0.354 e. The SMILES string of the molecule is c1ccc2cc3c(cc2c1)sc1cc2[nH]c4ccc(-c5ccc6sc7ccc8ccccc8c7c6c5)cc4c2cc13. The number of hydrogen-bond donors (Lipinski definition) is 1. The number of H-pyrrole nitrogens is 1. The van der Waals surface area contributed by atoms with Crippen LogP contribution in [0.1, 0.15) is 0 Å². The van der Waals surface area contributed by atoms with Gasteiger partial charge in [-0.1, -0.05) is 66.7 Å². The van der Waals surface area contributed by atoms with E-state index in [1.54, 1.807) is 0 Å². The van der Waals surface area contributed by atoms with Gasteiger partial charge in [-0.2, -0.15) is 0 Å². The molecule has 41 heavy (non-hydrogen) atoms. The second kappa shape index (κ2) is 7.94. The Hall–Kier alpha value is -4.70. The molecule has 0 atom stereocenters. The number of aromatic amines is 1. The molecule has 7 aromatic carbocycles. The molecule has 0 saturated carbocycles. The molecule has 1 N–H and O–H groups in total. The Morgan fingerprint density at radius 2 is 1.02 bits per heavy atom. The van der Waals surface area contributed by atoms with Crippen LogP contribution in [0.15, 0.2) is 121 Å². The number of nitrogens with one attached hydrogen (secondary N) is 1. The van der Waals surface area contributed by atoms with Gasteiger partial charge in [-0.25, -0.2) is 0 Å². The van der Waals surface area contributed by atoms with E-state index in [4.69, 9.17) is 0 Å². The molecule has 190 valence electrons. The summed E-state index contributed by atoms with van der Waals surface area (Å²) in [6.45, 7) is 0. The highest BCUT2D eigenvalue weighted by Gasteiger charge is 2.14. The second-order valence-electron chi connectivity index (χ2n) is 11.0. The van der Waals surface area contributed by atoms with E-state index in [2.05, 4.69) is 126 Å². The highest BCUT2D eigenvalue weighted by Crippen LogP contribution is 2.42. The van der Waals surface area contributed by atoms with Crippen molar-refractivity contribution in [3.63, 3.8) is 0 Å². The summed E-state index contributed by atoms with van der Waals surface area (Å²) >= 11 is 3.77. The Kier molecular flexibility index (Phi) is 4.27. The summed E-state index contributed by atoms with van der Waals surface area (Å²) in [6.07, 6.45) is 0. The van der Waals surface area contributed by atoms with Gasteiger partial charge in [0.2, 0.25) is 0 Å². The average Bonchev–Trinajstić information content (AvgIpc) is 3.68. The third kappa shape index (κ3) is 3.10. The molecule has 3 heteroatoms. The number of benzene rings is 7. The van der Waals surface area contributed by atoms with Crippen LogP contribution in [0.2, 0.25) is 0 Å². The van der Waals surface area contributed by atoms with Gasteiger partial charge in [0.05, 0.1) is 0 Å². The zero-order chi connectivity index (χ0) is 26.7. The molecule has 3 heterocycles. The first-order valence-electron chi connectivity index (χ1n) is 13.9. The molecule has 0 spiro atoms. The first-order valence-corrected chi connectivity index (χ1v) is 15.6. The van der Waals surface area contributed by atoms with Gasteiger partial charge in [0.25, 0.3) is 0 Å². The zero-order valence-corrected chi connectivity index (χ0v) is 23.5. The van der Waals surface area contributed by atoms with E-state index >= 15 is 0 Å². The number of aromatic nitrogens is 1. The lowest BCUT2D eigenvalue weighted by atomic mass is 9.98. The van der Waals surface area contributed by atoms with Crippen molar-refractivity contribution in [2.24, 2.45) is 0 Å². The van der Waals surface area contributed by atoms with E-state index in [1.165, 1.54) is 94.8 Å². The van der Waals surface area contributed by atoms with Crippen LogP contribution >= 0.6 is 22.7 Å². The molecule has 0 aliphatic carbocycles. The maximum atomic E-state index is 3.70. The zero-order valence-electron chi connectivity index (χ0n) is 21.9. The molecule has 0 amide bonds. The van der Waals surface area contributed by atoms with Crippen LogP contribution in [-0.2, 0) is 0 Å². The fourth-order valence-electron chi connectivity index (χ4n) is 6.76. The molecule has 3 aromatic heterocycles. The highest BCUT2D eigenvalue weighted by atomic mass is 32.1. The van der Waals surface area contributed by atoms with Crippen molar-refractivity contribution in [3.8, 4) is 11.1 Å². The van der Waals surface area contributed by atoms with Crippen LogP contribution < -0.4 is 0 Å². The molecule has 0 saturated heterocycles. The summed E-state index contributed by atoms with van der Waals surface area (Å²) in [6, 6.07) is 45.2.